The van der Waals surface area contributed by atoms with Crippen molar-refractivity contribution >= 4 is 11.7 Å². The summed E-state index contributed by atoms with van der Waals surface area (Å²) in [6.07, 6.45) is 2.85. The molecule has 0 radical (unpaired) electrons. The zero-order chi connectivity index (χ0) is 13.9. The van der Waals surface area contributed by atoms with Gasteiger partial charge in [0.15, 0.2) is 0 Å². The van der Waals surface area contributed by atoms with Crippen LogP contribution in [0.25, 0.3) is 0 Å². The van der Waals surface area contributed by atoms with Crippen LogP contribution in [0, 0.1) is 0 Å². The highest BCUT2D eigenvalue weighted by Gasteiger charge is 2.25. The molecule has 1 aliphatic heterocycles. The number of anilines is 1. The molecule has 0 amide bonds. The second-order valence-corrected chi connectivity index (χ2v) is 5.63. The van der Waals surface area contributed by atoms with Crippen molar-refractivity contribution in [1.82, 2.24) is 5.32 Å². The molecule has 1 fully saturated rings. The van der Waals surface area contributed by atoms with E-state index in [2.05, 4.69) is 28.4 Å². The number of rotatable bonds is 2. The minimum atomic E-state index is -0.168. The van der Waals surface area contributed by atoms with Crippen molar-refractivity contribution in [3.05, 3.63) is 29.3 Å². The molecule has 1 atom stereocenters. The van der Waals surface area contributed by atoms with E-state index in [0.29, 0.717) is 0 Å². The Morgan fingerprint density at radius 2 is 2.15 bits per heavy atom. The van der Waals surface area contributed by atoms with E-state index in [1.807, 2.05) is 0 Å². The Kier molecular flexibility index (Phi) is 3.92. The largest absolute Gasteiger partial charge is 0.462 e. The van der Waals surface area contributed by atoms with Crippen LogP contribution in [0.3, 0.4) is 0 Å². The first kappa shape index (κ1) is 13.4. The molecule has 1 heterocycles. The standard InChI is InChI=1S/C16H22N2O2/c1-12(19)20-14-6-5-13-3-2-4-16(15(13)11-14)18-9-7-17-8-10-18/h2-4,14,17H,5-11H2,1H3. The number of esters is 1. The quantitative estimate of drug-likeness (QED) is 0.830. The third-order valence-corrected chi connectivity index (χ3v) is 4.21. The van der Waals surface area contributed by atoms with Gasteiger partial charge in [-0.3, -0.25) is 4.79 Å². The minimum absolute atomic E-state index is 0.0454. The van der Waals surface area contributed by atoms with Gasteiger partial charge < -0.3 is 15.0 Å². The van der Waals surface area contributed by atoms with Gasteiger partial charge in [-0.1, -0.05) is 12.1 Å². The Bertz CT molecular complexity index is 495. The number of ether oxygens (including phenoxy) is 1. The molecule has 1 aliphatic carbocycles. The second-order valence-electron chi connectivity index (χ2n) is 5.63. The van der Waals surface area contributed by atoms with E-state index in [4.69, 9.17) is 4.74 Å². The predicted molar refractivity (Wildman–Crippen MR) is 79.1 cm³/mol. The highest BCUT2D eigenvalue weighted by Crippen LogP contribution is 2.31. The number of nitrogens with zero attached hydrogens (tertiary/aromatic N) is 1. The summed E-state index contributed by atoms with van der Waals surface area (Å²) in [6.45, 7) is 5.68. The van der Waals surface area contributed by atoms with E-state index in [9.17, 15) is 4.79 Å². The maximum atomic E-state index is 11.2. The molecule has 1 unspecified atom stereocenters. The molecule has 1 aromatic rings. The van der Waals surface area contributed by atoms with Crippen LogP contribution < -0.4 is 10.2 Å². The summed E-state index contributed by atoms with van der Waals surface area (Å²) in [4.78, 5) is 13.6. The lowest BCUT2D eigenvalue weighted by Gasteiger charge is -2.34. The fraction of sp³-hybridized carbons (Fsp3) is 0.562. The van der Waals surface area contributed by atoms with E-state index in [1.54, 1.807) is 0 Å². The van der Waals surface area contributed by atoms with Crippen molar-refractivity contribution in [2.75, 3.05) is 31.1 Å². The molecule has 3 rings (SSSR count). The monoisotopic (exact) mass is 274 g/mol. The van der Waals surface area contributed by atoms with Crippen molar-refractivity contribution in [1.29, 1.82) is 0 Å². The Hall–Kier alpha value is -1.55. The molecule has 0 aromatic heterocycles. The van der Waals surface area contributed by atoms with E-state index in [-0.39, 0.29) is 12.1 Å². The van der Waals surface area contributed by atoms with Crippen LogP contribution in [0.2, 0.25) is 0 Å². The first-order chi connectivity index (χ1) is 9.74. The fourth-order valence-corrected chi connectivity index (χ4v) is 3.27. The lowest BCUT2D eigenvalue weighted by atomic mass is 9.88. The van der Waals surface area contributed by atoms with Gasteiger partial charge in [0.1, 0.15) is 6.10 Å². The summed E-state index contributed by atoms with van der Waals surface area (Å²) in [5, 5.41) is 3.39. The van der Waals surface area contributed by atoms with Crippen LogP contribution in [-0.2, 0) is 22.4 Å². The van der Waals surface area contributed by atoms with Crippen molar-refractivity contribution in [3.8, 4) is 0 Å². The summed E-state index contributed by atoms with van der Waals surface area (Å²) in [6, 6.07) is 6.58. The zero-order valence-corrected chi connectivity index (χ0v) is 12.0. The van der Waals surface area contributed by atoms with Crippen molar-refractivity contribution in [3.63, 3.8) is 0 Å². The van der Waals surface area contributed by atoms with E-state index >= 15 is 0 Å². The lowest BCUT2D eigenvalue weighted by molar-refractivity contribution is -0.146. The van der Waals surface area contributed by atoms with Crippen LogP contribution in [0.1, 0.15) is 24.5 Å². The minimum Gasteiger partial charge on any atom is -0.462 e. The Balaban J connectivity index is 1.84. The third kappa shape index (κ3) is 2.80. The van der Waals surface area contributed by atoms with Gasteiger partial charge in [0.2, 0.25) is 0 Å². The molecule has 4 nitrogen and oxygen atoms in total. The highest BCUT2D eigenvalue weighted by molar-refractivity contribution is 5.66. The Morgan fingerprint density at radius 1 is 1.35 bits per heavy atom. The molecule has 1 aromatic carbocycles. The third-order valence-electron chi connectivity index (χ3n) is 4.21. The molecule has 20 heavy (non-hydrogen) atoms. The molecule has 0 saturated carbocycles. The zero-order valence-electron chi connectivity index (χ0n) is 12.0. The summed E-state index contributed by atoms with van der Waals surface area (Å²) in [5.74, 6) is -0.168. The first-order valence-corrected chi connectivity index (χ1v) is 7.47. The molecule has 1 N–H and O–H groups in total. The lowest BCUT2D eigenvalue weighted by Crippen LogP contribution is -2.44. The summed E-state index contributed by atoms with van der Waals surface area (Å²) in [5.41, 5.74) is 4.14. The van der Waals surface area contributed by atoms with Gasteiger partial charge in [-0.2, -0.15) is 0 Å². The number of benzene rings is 1. The first-order valence-electron chi connectivity index (χ1n) is 7.47. The van der Waals surface area contributed by atoms with Crippen molar-refractivity contribution in [2.45, 2.75) is 32.3 Å². The molecule has 108 valence electrons. The van der Waals surface area contributed by atoms with Gasteiger partial charge in [0.05, 0.1) is 0 Å². The maximum Gasteiger partial charge on any atom is 0.302 e. The number of nitrogens with one attached hydrogen (secondary N) is 1. The van der Waals surface area contributed by atoms with Gasteiger partial charge in [-0.05, 0) is 30.0 Å². The van der Waals surface area contributed by atoms with Gasteiger partial charge in [0.25, 0.3) is 0 Å². The van der Waals surface area contributed by atoms with Gasteiger partial charge in [-0.15, -0.1) is 0 Å². The van der Waals surface area contributed by atoms with Crippen LogP contribution in [0.5, 0.6) is 0 Å². The van der Waals surface area contributed by atoms with Gasteiger partial charge in [-0.25, -0.2) is 0 Å². The van der Waals surface area contributed by atoms with Crippen molar-refractivity contribution < 1.29 is 9.53 Å². The molecule has 4 heteroatoms. The predicted octanol–water partition coefficient (Wildman–Crippen LogP) is 1.52. The van der Waals surface area contributed by atoms with Gasteiger partial charge >= 0.3 is 5.97 Å². The number of hydrogen-bond donors (Lipinski definition) is 1. The number of hydrogen-bond acceptors (Lipinski definition) is 4. The molecule has 1 saturated heterocycles. The second kappa shape index (κ2) is 5.83. The average Bonchev–Trinajstić information content (AvgIpc) is 2.47. The van der Waals surface area contributed by atoms with E-state index in [0.717, 1.165) is 45.4 Å². The maximum absolute atomic E-state index is 11.2. The number of fused-ring (bicyclic) bond motifs is 1. The SMILES string of the molecule is CC(=O)OC1CCc2cccc(N3CCNCC3)c2C1. The fourth-order valence-electron chi connectivity index (χ4n) is 3.27. The Labute approximate surface area is 120 Å². The Morgan fingerprint density at radius 3 is 2.90 bits per heavy atom. The smallest absolute Gasteiger partial charge is 0.302 e. The topological polar surface area (TPSA) is 41.6 Å². The molecule has 2 aliphatic rings. The number of piperazine rings is 1. The number of aryl methyl sites for hydroxylation is 1. The summed E-state index contributed by atoms with van der Waals surface area (Å²) < 4.78 is 5.42. The average molecular weight is 274 g/mol. The number of carbonyl (C=O) groups is 1. The van der Waals surface area contributed by atoms with Crippen LogP contribution in [0.4, 0.5) is 5.69 Å². The summed E-state index contributed by atoms with van der Waals surface area (Å²) in [7, 11) is 0. The summed E-state index contributed by atoms with van der Waals surface area (Å²) >= 11 is 0. The van der Waals surface area contributed by atoms with E-state index < -0.39 is 0 Å². The molecular formula is C16H22N2O2. The molecular weight excluding hydrogens is 252 g/mol. The van der Waals surface area contributed by atoms with E-state index in [1.165, 1.54) is 23.7 Å². The van der Waals surface area contributed by atoms with Crippen LogP contribution >= 0.6 is 0 Å². The number of carbonyl (C=O) groups excluding carboxylic acids is 1. The molecule has 0 spiro atoms. The molecule has 0 bridgehead atoms. The van der Waals surface area contributed by atoms with Gasteiger partial charge in [0, 0.05) is 45.2 Å². The highest BCUT2D eigenvalue weighted by atomic mass is 16.5. The normalized spacial score (nSPS) is 22.2. The van der Waals surface area contributed by atoms with Crippen molar-refractivity contribution in [2.24, 2.45) is 0 Å². The van der Waals surface area contributed by atoms with Crippen LogP contribution in [-0.4, -0.2) is 38.3 Å². The van der Waals surface area contributed by atoms with Crippen LogP contribution in [0.15, 0.2) is 18.2 Å².